The lowest BCUT2D eigenvalue weighted by Gasteiger charge is -2.27. The van der Waals surface area contributed by atoms with Crippen molar-refractivity contribution >= 4 is 34.6 Å². The van der Waals surface area contributed by atoms with Gasteiger partial charge < -0.3 is 24.8 Å². The minimum atomic E-state index is -0.417. The van der Waals surface area contributed by atoms with Gasteiger partial charge in [-0.3, -0.25) is 19.9 Å². The van der Waals surface area contributed by atoms with Gasteiger partial charge in [-0.25, -0.2) is 0 Å². The summed E-state index contributed by atoms with van der Waals surface area (Å²) in [5.74, 6) is 0.177. The Bertz CT molecular complexity index is 1570. The number of thiocarbonyl (C=S) groups is 1. The molecule has 0 radical (unpaired) electrons. The molecule has 2 aromatic carbocycles. The van der Waals surface area contributed by atoms with E-state index in [4.69, 9.17) is 17.0 Å². The lowest BCUT2D eigenvalue weighted by molar-refractivity contribution is -0.384. The molecular weight excluding hydrogens is 528 g/mol. The molecule has 10 nitrogen and oxygen atoms in total. The number of carbonyl (C=O) groups excluding carboxylic acids is 1. The van der Waals surface area contributed by atoms with E-state index in [2.05, 4.69) is 15.6 Å². The molecule has 11 heteroatoms. The van der Waals surface area contributed by atoms with Gasteiger partial charge in [-0.2, -0.15) is 0 Å². The van der Waals surface area contributed by atoms with Crippen LogP contribution in [0.25, 0.3) is 5.69 Å². The summed E-state index contributed by atoms with van der Waals surface area (Å²) in [6.45, 7) is 3.81. The molecule has 1 saturated heterocycles. The minimum absolute atomic E-state index is 0.00107. The lowest BCUT2D eigenvalue weighted by atomic mass is 9.96. The van der Waals surface area contributed by atoms with Gasteiger partial charge in [0.2, 0.25) is 5.91 Å². The number of anilines is 1. The van der Waals surface area contributed by atoms with Crippen molar-refractivity contribution in [3.8, 4) is 11.4 Å². The normalized spacial score (nSPS) is 16.5. The van der Waals surface area contributed by atoms with E-state index >= 15 is 0 Å². The molecule has 40 heavy (non-hydrogen) atoms. The molecule has 1 fully saturated rings. The van der Waals surface area contributed by atoms with Crippen molar-refractivity contribution in [2.75, 3.05) is 19.0 Å². The summed E-state index contributed by atoms with van der Waals surface area (Å²) in [6, 6.07) is 20.9. The molecule has 1 aliphatic heterocycles. The number of hydrogen-bond acceptors (Lipinski definition) is 6. The second-order valence-corrected chi connectivity index (χ2v) is 9.83. The van der Waals surface area contributed by atoms with Crippen LogP contribution < -0.4 is 15.4 Å². The molecule has 0 saturated carbocycles. The molecule has 2 unspecified atom stereocenters. The zero-order valence-electron chi connectivity index (χ0n) is 22.2. The molecule has 0 bridgehead atoms. The Morgan fingerprint density at radius 2 is 1.88 bits per heavy atom. The third kappa shape index (κ3) is 5.10. The molecule has 1 aliphatic rings. The molecule has 1 amide bonds. The Labute approximate surface area is 236 Å². The molecule has 0 aliphatic carbocycles. The number of nitrogens with one attached hydrogen (secondary N) is 2. The fraction of sp³-hybridized carbons (Fsp3) is 0.207. The second-order valence-electron chi connectivity index (χ2n) is 9.44. The van der Waals surface area contributed by atoms with Crippen molar-refractivity contribution in [2.45, 2.75) is 25.9 Å². The number of para-hydroxylation sites is 1. The third-order valence-electron chi connectivity index (χ3n) is 6.98. The maximum absolute atomic E-state index is 13.1. The second kappa shape index (κ2) is 11.1. The Morgan fingerprint density at radius 3 is 2.55 bits per heavy atom. The van der Waals surface area contributed by atoms with Crippen LogP contribution in [0.2, 0.25) is 0 Å². The van der Waals surface area contributed by atoms with Gasteiger partial charge in [-0.15, -0.1) is 0 Å². The van der Waals surface area contributed by atoms with Crippen molar-refractivity contribution in [1.82, 2.24) is 19.8 Å². The molecule has 2 aromatic heterocycles. The zero-order chi connectivity index (χ0) is 28.4. The Morgan fingerprint density at radius 1 is 1.12 bits per heavy atom. The highest BCUT2D eigenvalue weighted by Gasteiger charge is 2.42. The standard InChI is InChI=1S/C29H28N6O4S/c1-18-15-22(19(2)34(18)24-13-12-21(39-3)16-25(24)35(37)38)28-27(23-11-7-8-14-30-23)32-29(40)33(28)17-26(36)31-20-9-5-4-6-10-20/h4-16,27-28H,17H2,1-3H3,(H,31,36)(H,32,40). The number of aromatic nitrogens is 2. The first-order chi connectivity index (χ1) is 19.3. The summed E-state index contributed by atoms with van der Waals surface area (Å²) >= 11 is 5.73. The molecule has 4 aromatic rings. The van der Waals surface area contributed by atoms with Crippen LogP contribution >= 0.6 is 12.2 Å². The summed E-state index contributed by atoms with van der Waals surface area (Å²) in [6.07, 6.45) is 1.71. The van der Waals surface area contributed by atoms with Crippen LogP contribution in [0.1, 0.15) is 34.7 Å². The number of rotatable bonds is 8. The first-order valence-corrected chi connectivity index (χ1v) is 13.0. The number of methoxy groups -OCH3 is 1. The van der Waals surface area contributed by atoms with Crippen LogP contribution in [0.3, 0.4) is 0 Å². The fourth-order valence-corrected chi connectivity index (χ4v) is 5.52. The van der Waals surface area contributed by atoms with E-state index in [-0.39, 0.29) is 24.2 Å². The van der Waals surface area contributed by atoms with Crippen molar-refractivity contribution in [1.29, 1.82) is 0 Å². The number of carbonyl (C=O) groups is 1. The molecular formula is C29H28N6O4S. The van der Waals surface area contributed by atoms with E-state index in [1.54, 1.807) is 18.3 Å². The molecule has 0 spiro atoms. The maximum Gasteiger partial charge on any atom is 0.296 e. The van der Waals surface area contributed by atoms with Crippen molar-refractivity contribution in [3.05, 3.63) is 112 Å². The van der Waals surface area contributed by atoms with Gasteiger partial charge in [-0.1, -0.05) is 24.3 Å². The molecule has 2 atom stereocenters. The summed E-state index contributed by atoms with van der Waals surface area (Å²) in [5, 5.41) is 18.7. The number of hydrogen-bond donors (Lipinski definition) is 2. The van der Waals surface area contributed by atoms with Gasteiger partial charge in [0.25, 0.3) is 5.69 Å². The number of pyridine rings is 1. The van der Waals surface area contributed by atoms with E-state index in [0.717, 1.165) is 22.6 Å². The van der Waals surface area contributed by atoms with E-state index < -0.39 is 11.0 Å². The van der Waals surface area contributed by atoms with E-state index in [9.17, 15) is 14.9 Å². The van der Waals surface area contributed by atoms with Gasteiger partial charge >= 0.3 is 0 Å². The largest absolute Gasteiger partial charge is 0.496 e. The maximum atomic E-state index is 13.1. The summed E-state index contributed by atoms with van der Waals surface area (Å²) in [4.78, 5) is 31.1. The van der Waals surface area contributed by atoms with E-state index in [1.165, 1.54) is 13.2 Å². The first kappa shape index (κ1) is 26.8. The van der Waals surface area contributed by atoms with Crippen LogP contribution in [0.5, 0.6) is 5.75 Å². The van der Waals surface area contributed by atoms with Crippen molar-refractivity contribution in [2.24, 2.45) is 0 Å². The van der Waals surface area contributed by atoms with Crippen LogP contribution in [0.15, 0.2) is 79.0 Å². The molecule has 3 heterocycles. The lowest BCUT2D eigenvalue weighted by Crippen LogP contribution is -2.37. The Hall–Kier alpha value is -4.77. The topological polar surface area (TPSA) is 115 Å². The number of benzene rings is 2. The van der Waals surface area contributed by atoms with Crippen molar-refractivity contribution < 1.29 is 14.5 Å². The Balaban J connectivity index is 1.58. The van der Waals surface area contributed by atoms with E-state index in [1.807, 2.05) is 77.9 Å². The third-order valence-corrected chi connectivity index (χ3v) is 7.33. The number of ether oxygens (including phenoxy) is 1. The van der Waals surface area contributed by atoms with Crippen molar-refractivity contribution in [3.63, 3.8) is 0 Å². The van der Waals surface area contributed by atoms with Gasteiger partial charge in [0.05, 0.1) is 35.9 Å². The fourth-order valence-electron chi connectivity index (χ4n) is 5.21. The molecule has 2 N–H and O–H groups in total. The van der Waals surface area contributed by atoms with Crippen LogP contribution in [0, 0.1) is 24.0 Å². The highest BCUT2D eigenvalue weighted by Crippen LogP contribution is 2.42. The number of amides is 1. The van der Waals surface area contributed by atoms with E-state index in [0.29, 0.717) is 22.2 Å². The smallest absolute Gasteiger partial charge is 0.296 e. The first-order valence-electron chi connectivity index (χ1n) is 12.6. The molecule has 5 rings (SSSR count). The predicted octanol–water partition coefficient (Wildman–Crippen LogP) is 5.02. The van der Waals surface area contributed by atoms with Gasteiger partial charge in [-0.05, 0) is 74.1 Å². The quantitative estimate of drug-likeness (QED) is 0.177. The number of nitro benzene ring substituents is 1. The molecule has 204 valence electrons. The van der Waals surface area contributed by atoms with Crippen LogP contribution in [-0.4, -0.2) is 44.0 Å². The summed E-state index contributed by atoms with van der Waals surface area (Å²) in [7, 11) is 1.47. The number of nitrogens with zero attached hydrogens (tertiary/aromatic N) is 4. The van der Waals surface area contributed by atoms with Gasteiger partial charge in [0, 0.05) is 23.3 Å². The highest BCUT2D eigenvalue weighted by atomic mass is 32.1. The summed E-state index contributed by atoms with van der Waals surface area (Å²) in [5.41, 5.74) is 4.26. The Kier molecular flexibility index (Phi) is 7.47. The van der Waals surface area contributed by atoms with Gasteiger partial charge in [0.15, 0.2) is 5.11 Å². The minimum Gasteiger partial charge on any atom is -0.496 e. The summed E-state index contributed by atoms with van der Waals surface area (Å²) < 4.78 is 7.08. The average molecular weight is 557 g/mol. The monoisotopic (exact) mass is 556 g/mol. The van der Waals surface area contributed by atoms with Gasteiger partial charge in [0.1, 0.15) is 18.0 Å². The highest BCUT2D eigenvalue weighted by molar-refractivity contribution is 7.80. The number of nitro groups is 1. The van der Waals surface area contributed by atoms with Crippen LogP contribution in [0.4, 0.5) is 11.4 Å². The SMILES string of the molecule is COc1ccc(-n2c(C)cc(C3C(c4ccccn4)NC(=S)N3CC(=O)Nc3ccccc3)c2C)c([N+](=O)[O-])c1. The average Bonchev–Trinajstić information content (AvgIpc) is 3.43. The van der Waals surface area contributed by atoms with Crippen LogP contribution in [-0.2, 0) is 4.79 Å². The predicted molar refractivity (Wildman–Crippen MR) is 156 cm³/mol. The zero-order valence-corrected chi connectivity index (χ0v) is 23.0. The number of aryl methyl sites for hydroxylation is 1.